The Bertz CT molecular complexity index is 1070. The van der Waals surface area contributed by atoms with E-state index in [1.807, 2.05) is 12.2 Å². The molecule has 3 heteroatoms. The van der Waals surface area contributed by atoms with Gasteiger partial charge in [0.2, 0.25) is 0 Å². The number of hydrogen-bond acceptors (Lipinski definition) is 1. The van der Waals surface area contributed by atoms with Crippen LogP contribution in [0, 0.1) is 17.9 Å². The average molecular weight is 389 g/mol. The Morgan fingerprint density at radius 1 is 1.24 bits per heavy atom. The first-order valence-electron chi connectivity index (χ1n) is 10.5. The topological polar surface area (TPSA) is 29.5 Å². The summed E-state index contributed by atoms with van der Waals surface area (Å²) in [6.07, 6.45) is 7.65. The molecule has 1 N–H and O–H groups in total. The van der Waals surface area contributed by atoms with Gasteiger partial charge in [0.05, 0.1) is 11.0 Å². The molecule has 152 valence electrons. The number of hydrogen-bond donors (Lipinski definition) is 1. The Labute approximate surface area is 174 Å². The van der Waals surface area contributed by atoms with E-state index in [1.54, 1.807) is 0 Å². The second-order valence-electron chi connectivity index (χ2n) is 10.4. The van der Waals surface area contributed by atoms with Crippen LogP contribution in [0.4, 0.5) is 0 Å². The molecule has 29 heavy (non-hydrogen) atoms. The van der Waals surface area contributed by atoms with Crippen molar-refractivity contribution in [3.05, 3.63) is 72.2 Å². The smallest absolute Gasteiger partial charge is 0.264 e. The van der Waals surface area contributed by atoms with E-state index in [1.165, 1.54) is 5.56 Å². The fourth-order valence-electron chi connectivity index (χ4n) is 6.10. The molecule has 0 amide bonds. The van der Waals surface area contributed by atoms with Gasteiger partial charge in [-0.15, -0.1) is 13.2 Å². The minimum atomic E-state index is -1.22. The molecule has 0 spiro atoms. The maximum atomic E-state index is 12.5. The predicted molar refractivity (Wildman–Crippen MR) is 120 cm³/mol. The number of aromatic nitrogens is 1. The highest BCUT2D eigenvalue weighted by Crippen LogP contribution is 2.62. The van der Waals surface area contributed by atoms with Crippen LogP contribution in [0.3, 0.4) is 0 Å². The van der Waals surface area contributed by atoms with E-state index in [2.05, 4.69) is 81.6 Å². The summed E-state index contributed by atoms with van der Waals surface area (Å²) in [4.78, 5) is 4.04. The van der Waals surface area contributed by atoms with Gasteiger partial charge in [0.1, 0.15) is 0 Å². The van der Waals surface area contributed by atoms with Gasteiger partial charge in [-0.1, -0.05) is 38.1 Å². The van der Waals surface area contributed by atoms with E-state index < -0.39 is 17.1 Å². The first kappa shape index (κ1) is 20.0. The molecule has 1 saturated carbocycles. The zero-order valence-corrected chi connectivity index (χ0v) is 18.3. The molecule has 0 bridgehead atoms. The van der Waals surface area contributed by atoms with Crippen LogP contribution < -0.4 is 0 Å². The summed E-state index contributed by atoms with van der Waals surface area (Å²) in [6.45, 7) is 26.9. The molecule has 2 aromatic rings. The minimum Gasteiger partial charge on any atom is -0.377 e. The molecular formula is C26H32N2O. The zero-order valence-electron chi connectivity index (χ0n) is 18.3. The van der Waals surface area contributed by atoms with E-state index >= 15 is 0 Å². The highest BCUT2D eigenvalue weighted by Gasteiger charge is 2.66. The molecule has 1 fully saturated rings. The SMILES string of the molecule is [C-]#[N+][C@@H]1[C@]2(O)c3cn(C(C)(C)C=C)c4cccc(c34)C(C)(C)[C@H]2CC[C@]1(C)C=C. The van der Waals surface area contributed by atoms with Crippen LogP contribution in [0.5, 0.6) is 0 Å². The molecule has 1 aromatic heterocycles. The number of benzene rings is 1. The van der Waals surface area contributed by atoms with Gasteiger partial charge in [0.25, 0.3) is 6.04 Å². The maximum absolute atomic E-state index is 12.5. The lowest BCUT2D eigenvalue weighted by Gasteiger charge is -2.55. The fraction of sp³-hybridized carbons (Fsp3) is 0.500. The first-order valence-corrected chi connectivity index (χ1v) is 10.5. The van der Waals surface area contributed by atoms with Crippen molar-refractivity contribution in [1.29, 1.82) is 0 Å². The van der Waals surface area contributed by atoms with Crippen molar-refractivity contribution < 1.29 is 5.11 Å². The predicted octanol–water partition coefficient (Wildman–Crippen LogP) is 5.93. The fourth-order valence-corrected chi connectivity index (χ4v) is 6.10. The summed E-state index contributed by atoms with van der Waals surface area (Å²) in [5.74, 6) is -0.0251. The molecule has 0 unspecified atom stereocenters. The Morgan fingerprint density at radius 3 is 2.52 bits per heavy atom. The van der Waals surface area contributed by atoms with Gasteiger partial charge in [0.15, 0.2) is 5.60 Å². The summed E-state index contributed by atoms with van der Waals surface area (Å²) >= 11 is 0. The maximum Gasteiger partial charge on any atom is 0.264 e. The number of allylic oxidation sites excluding steroid dienone is 1. The van der Waals surface area contributed by atoms with Crippen molar-refractivity contribution in [3.8, 4) is 0 Å². The van der Waals surface area contributed by atoms with Crippen molar-refractivity contribution in [2.75, 3.05) is 0 Å². The standard InChI is InChI=1S/C26H32N2O/c1-9-23(3,4)28-16-18-21-17(12-11-13-19(21)28)24(5,6)20-14-15-25(7,10-2)22(27-8)26(18,20)29/h9-13,16,20,22,29H,1-2,14-15H2,3-7H3/t20-,22+,25+,26+/m1/s1. The van der Waals surface area contributed by atoms with Crippen molar-refractivity contribution in [1.82, 2.24) is 4.57 Å². The van der Waals surface area contributed by atoms with Crippen LogP contribution in [0.2, 0.25) is 0 Å². The molecule has 2 aliphatic carbocycles. The quantitative estimate of drug-likeness (QED) is 0.512. The zero-order chi connectivity index (χ0) is 21.4. The number of fused-ring (bicyclic) bond motifs is 2. The Balaban J connectivity index is 2.15. The van der Waals surface area contributed by atoms with E-state index in [0.29, 0.717) is 0 Å². The van der Waals surface area contributed by atoms with Gasteiger partial charge in [-0.3, -0.25) is 0 Å². The molecule has 1 aromatic carbocycles. The summed E-state index contributed by atoms with van der Waals surface area (Å²) < 4.78 is 2.21. The van der Waals surface area contributed by atoms with Gasteiger partial charge in [-0.2, -0.15) is 0 Å². The van der Waals surface area contributed by atoms with Crippen molar-refractivity contribution in [3.63, 3.8) is 0 Å². The van der Waals surface area contributed by atoms with Crippen LogP contribution in [-0.4, -0.2) is 15.7 Å². The van der Waals surface area contributed by atoms with Crippen molar-refractivity contribution in [2.24, 2.45) is 11.3 Å². The van der Waals surface area contributed by atoms with E-state index in [0.717, 1.165) is 29.3 Å². The molecule has 3 nitrogen and oxygen atoms in total. The van der Waals surface area contributed by atoms with Crippen LogP contribution in [-0.2, 0) is 16.6 Å². The van der Waals surface area contributed by atoms with Gasteiger partial charge >= 0.3 is 0 Å². The Morgan fingerprint density at radius 2 is 1.93 bits per heavy atom. The minimum absolute atomic E-state index is 0.0251. The molecule has 1 heterocycles. The van der Waals surface area contributed by atoms with E-state index in [-0.39, 0.29) is 16.9 Å². The lowest BCUT2D eigenvalue weighted by Crippen LogP contribution is -2.61. The normalized spacial score (nSPS) is 33.0. The Hall–Kier alpha value is -2.31. The highest BCUT2D eigenvalue weighted by atomic mass is 16.3. The second-order valence-corrected chi connectivity index (χ2v) is 10.4. The molecule has 0 aliphatic heterocycles. The monoisotopic (exact) mass is 388 g/mol. The summed E-state index contributed by atoms with van der Waals surface area (Å²) in [5, 5.41) is 13.6. The third kappa shape index (κ3) is 2.27. The molecule has 4 rings (SSSR count). The van der Waals surface area contributed by atoms with Crippen LogP contribution in [0.1, 0.15) is 58.6 Å². The van der Waals surface area contributed by atoms with Crippen LogP contribution in [0.25, 0.3) is 15.7 Å². The largest absolute Gasteiger partial charge is 0.377 e. The first-order chi connectivity index (χ1) is 13.5. The molecule has 2 aliphatic rings. The van der Waals surface area contributed by atoms with Crippen molar-refractivity contribution in [2.45, 2.75) is 70.1 Å². The van der Waals surface area contributed by atoms with E-state index in [4.69, 9.17) is 6.57 Å². The van der Waals surface area contributed by atoms with Crippen LogP contribution >= 0.6 is 0 Å². The van der Waals surface area contributed by atoms with Crippen LogP contribution in [0.15, 0.2) is 49.7 Å². The average Bonchev–Trinajstić information content (AvgIpc) is 3.08. The lowest BCUT2D eigenvalue weighted by atomic mass is 9.49. The number of rotatable bonds is 3. The summed E-state index contributed by atoms with van der Waals surface area (Å²) in [5.41, 5.74) is 1.08. The molecule has 4 atom stereocenters. The molecular weight excluding hydrogens is 356 g/mol. The second kappa shape index (κ2) is 5.86. The third-order valence-corrected chi connectivity index (χ3v) is 8.09. The van der Waals surface area contributed by atoms with Gasteiger partial charge in [-0.25, -0.2) is 6.57 Å². The molecule has 0 radical (unpaired) electrons. The number of nitrogens with zero attached hydrogens (tertiary/aromatic N) is 2. The van der Waals surface area contributed by atoms with E-state index in [9.17, 15) is 5.11 Å². The summed E-state index contributed by atoms with van der Waals surface area (Å²) in [7, 11) is 0. The highest BCUT2D eigenvalue weighted by molar-refractivity contribution is 5.91. The number of aliphatic hydroxyl groups is 1. The third-order valence-electron chi connectivity index (χ3n) is 8.09. The van der Waals surface area contributed by atoms with Gasteiger partial charge < -0.3 is 14.5 Å². The van der Waals surface area contributed by atoms with Gasteiger partial charge in [-0.05, 0) is 50.7 Å². The lowest BCUT2D eigenvalue weighted by molar-refractivity contribution is -0.117. The Kier molecular flexibility index (Phi) is 4.04. The summed E-state index contributed by atoms with van der Waals surface area (Å²) in [6, 6.07) is 5.87. The molecule has 0 saturated heterocycles. The van der Waals surface area contributed by atoms with Crippen molar-refractivity contribution >= 4 is 10.9 Å². The van der Waals surface area contributed by atoms with Gasteiger partial charge in [0, 0.05) is 28.6 Å².